The van der Waals surface area contributed by atoms with Gasteiger partial charge in [-0.05, 0) is 30.7 Å². The predicted molar refractivity (Wildman–Crippen MR) is 108 cm³/mol. The number of hydrogen-bond acceptors (Lipinski definition) is 5. The van der Waals surface area contributed by atoms with Crippen LogP contribution in [0.5, 0.6) is 0 Å². The van der Waals surface area contributed by atoms with Gasteiger partial charge in [-0.25, -0.2) is 0 Å². The van der Waals surface area contributed by atoms with E-state index in [1.165, 1.54) is 22.5 Å². The number of aryl methyl sites for hydroxylation is 1. The van der Waals surface area contributed by atoms with Crippen LogP contribution < -0.4 is 5.32 Å². The predicted octanol–water partition coefficient (Wildman–Crippen LogP) is 5.81. The summed E-state index contributed by atoms with van der Waals surface area (Å²) in [6.07, 6.45) is 0. The molecule has 0 aliphatic carbocycles. The highest BCUT2D eigenvalue weighted by Crippen LogP contribution is 2.29. The summed E-state index contributed by atoms with van der Waals surface area (Å²) >= 11 is 12.3. The first-order valence-electron chi connectivity index (χ1n) is 7.29. The van der Waals surface area contributed by atoms with E-state index in [1.54, 1.807) is 30.0 Å². The lowest BCUT2D eigenvalue weighted by molar-refractivity contribution is 0.102. The first-order chi connectivity index (χ1) is 12.0. The molecule has 0 saturated carbocycles. The Bertz CT molecular complexity index is 916. The van der Waals surface area contributed by atoms with Gasteiger partial charge in [0.2, 0.25) is 5.13 Å². The highest BCUT2D eigenvalue weighted by molar-refractivity contribution is 9.10. The molecule has 0 aliphatic heterocycles. The summed E-state index contributed by atoms with van der Waals surface area (Å²) in [7, 11) is 0. The number of nitrogens with zero attached hydrogens (tertiary/aromatic N) is 2. The third kappa shape index (κ3) is 5.04. The Kier molecular flexibility index (Phi) is 6.11. The van der Waals surface area contributed by atoms with E-state index in [2.05, 4.69) is 56.6 Å². The SMILES string of the molecule is Cc1cccc(CSc2nnc(NC(=O)c3cc(Br)ccc3Cl)s2)c1. The Labute approximate surface area is 167 Å². The minimum Gasteiger partial charge on any atom is -0.296 e. The summed E-state index contributed by atoms with van der Waals surface area (Å²) in [5.41, 5.74) is 2.85. The van der Waals surface area contributed by atoms with Crippen molar-refractivity contribution >= 4 is 61.7 Å². The van der Waals surface area contributed by atoms with Crippen molar-refractivity contribution in [2.24, 2.45) is 0 Å². The number of nitrogens with one attached hydrogen (secondary N) is 1. The molecule has 4 nitrogen and oxygen atoms in total. The monoisotopic (exact) mass is 453 g/mol. The Morgan fingerprint density at radius 1 is 1.28 bits per heavy atom. The van der Waals surface area contributed by atoms with E-state index in [4.69, 9.17) is 11.6 Å². The molecule has 1 heterocycles. The molecule has 0 saturated heterocycles. The number of benzene rings is 2. The standard InChI is InChI=1S/C17H13BrClN3OS2/c1-10-3-2-4-11(7-10)9-24-17-22-21-16(25-17)20-15(23)13-8-12(18)5-6-14(13)19/h2-8H,9H2,1H3,(H,20,21,23). The number of thioether (sulfide) groups is 1. The van der Waals surface area contributed by atoms with Crippen LogP contribution in [-0.4, -0.2) is 16.1 Å². The second-order valence-electron chi connectivity index (χ2n) is 5.23. The van der Waals surface area contributed by atoms with Crippen LogP contribution in [0.1, 0.15) is 21.5 Å². The van der Waals surface area contributed by atoms with Crippen molar-refractivity contribution in [3.63, 3.8) is 0 Å². The molecule has 1 N–H and O–H groups in total. The number of hydrogen-bond donors (Lipinski definition) is 1. The van der Waals surface area contributed by atoms with Crippen molar-refractivity contribution in [1.29, 1.82) is 0 Å². The zero-order chi connectivity index (χ0) is 17.8. The van der Waals surface area contributed by atoms with Crippen molar-refractivity contribution in [3.05, 3.63) is 68.7 Å². The van der Waals surface area contributed by atoms with Gasteiger partial charge in [-0.3, -0.25) is 10.1 Å². The first kappa shape index (κ1) is 18.4. The van der Waals surface area contributed by atoms with Crippen LogP contribution in [-0.2, 0) is 5.75 Å². The highest BCUT2D eigenvalue weighted by Gasteiger charge is 2.14. The molecule has 0 bridgehead atoms. The lowest BCUT2D eigenvalue weighted by Crippen LogP contribution is -2.12. The topological polar surface area (TPSA) is 54.9 Å². The van der Waals surface area contributed by atoms with E-state index in [9.17, 15) is 4.79 Å². The molecular weight excluding hydrogens is 442 g/mol. The van der Waals surface area contributed by atoms with E-state index < -0.39 is 0 Å². The van der Waals surface area contributed by atoms with Crippen LogP contribution in [0.4, 0.5) is 5.13 Å². The molecule has 3 rings (SSSR count). The maximum atomic E-state index is 12.3. The zero-order valence-corrected chi connectivity index (χ0v) is 17.1. The van der Waals surface area contributed by atoms with Gasteiger partial charge in [-0.2, -0.15) is 0 Å². The average Bonchev–Trinajstić information content (AvgIpc) is 3.02. The van der Waals surface area contributed by atoms with E-state index in [0.717, 1.165) is 14.6 Å². The van der Waals surface area contributed by atoms with E-state index in [-0.39, 0.29) is 5.91 Å². The Morgan fingerprint density at radius 2 is 2.12 bits per heavy atom. The molecule has 1 aromatic heterocycles. The number of amides is 1. The van der Waals surface area contributed by atoms with Crippen LogP contribution in [0, 0.1) is 6.92 Å². The van der Waals surface area contributed by atoms with Gasteiger partial charge < -0.3 is 0 Å². The van der Waals surface area contributed by atoms with Crippen molar-refractivity contribution in [2.75, 3.05) is 5.32 Å². The van der Waals surface area contributed by atoms with Gasteiger partial charge in [0.25, 0.3) is 5.91 Å². The normalized spacial score (nSPS) is 10.7. The van der Waals surface area contributed by atoms with Gasteiger partial charge in [0.15, 0.2) is 4.34 Å². The quantitative estimate of drug-likeness (QED) is 0.390. The number of rotatable bonds is 5. The minimum absolute atomic E-state index is 0.308. The first-order valence-corrected chi connectivity index (χ1v) is 10.3. The average molecular weight is 455 g/mol. The zero-order valence-electron chi connectivity index (χ0n) is 13.1. The van der Waals surface area contributed by atoms with Gasteiger partial charge in [0, 0.05) is 10.2 Å². The van der Waals surface area contributed by atoms with Crippen LogP contribution in [0.15, 0.2) is 51.3 Å². The summed E-state index contributed by atoms with van der Waals surface area (Å²) in [5, 5.41) is 11.7. The van der Waals surface area contributed by atoms with Crippen LogP contribution in [0.3, 0.4) is 0 Å². The van der Waals surface area contributed by atoms with E-state index in [1.807, 2.05) is 6.07 Å². The smallest absolute Gasteiger partial charge is 0.259 e. The molecule has 128 valence electrons. The Morgan fingerprint density at radius 3 is 2.92 bits per heavy atom. The second-order valence-corrected chi connectivity index (χ2v) is 8.75. The number of carbonyl (C=O) groups excluding carboxylic acids is 1. The highest BCUT2D eigenvalue weighted by atomic mass is 79.9. The molecule has 0 aliphatic rings. The van der Waals surface area contributed by atoms with E-state index in [0.29, 0.717) is 15.7 Å². The maximum Gasteiger partial charge on any atom is 0.259 e. The molecule has 8 heteroatoms. The molecule has 0 spiro atoms. The molecule has 3 aromatic rings. The van der Waals surface area contributed by atoms with Crippen molar-refractivity contribution in [2.45, 2.75) is 17.0 Å². The van der Waals surface area contributed by atoms with Gasteiger partial charge in [0.05, 0.1) is 10.6 Å². The molecule has 2 aromatic carbocycles. The van der Waals surface area contributed by atoms with Crippen LogP contribution in [0.2, 0.25) is 5.02 Å². The summed E-state index contributed by atoms with van der Waals surface area (Å²) in [4.78, 5) is 12.3. The van der Waals surface area contributed by atoms with Crippen molar-refractivity contribution in [1.82, 2.24) is 10.2 Å². The molecule has 0 atom stereocenters. The van der Waals surface area contributed by atoms with Crippen molar-refractivity contribution in [3.8, 4) is 0 Å². The number of aromatic nitrogens is 2. The van der Waals surface area contributed by atoms with Crippen LogP contribution >= 0.6 is 50.6 Å². The fourth-order valence-electron chi connectivity index (χ4n) is 2.10. The second kappa shape index (κ2) is 8.31. The molecule has 0 fully saturated rings. The fraction of sp³-hybridized carbons (Fsp3) is 0.118. The van der Waals surface area contributed by atoms with Crippen molar-refractivity contribution < 1.29 is 4.79 Å². The number of anilines is 1. The Hall–Kier alpha value is -1.41. The summed E-state index contributed by atoms with van der Waals surface area (Å²) < 4.78 is 1.59. The third-order valence-electron chi connectivity index (χ3n) is 3.24. The third-order valence-corrected chi connectivity index (χ3v) is 6.11. The van der Waals surface area contributed by atoms with Gasteiger partial charge in [-0.1, -0.05) is 80.5 Å². The summed E-state index contributed by atoms with van der Waals surface area (Å²) in [5.74, 6) is 0.500. The molecule has 0 radical (unpaired) electrons. The number of carbonyl (C=O) groups is 1. The Balaban J connectivity index is 1.63. The lowest BCUT2D eigenvalue weighted by Gasteiger charge is -2.04. The summed E-state index contributed by atoms with van der Waals surface area (Å²) in [6, 6.07) is 13.5. The summed E-state index contributed by atoms with van der Waals surface area (Å²) in [6.45, 7) is 2.07. The largest absolute Gasteiger partial charge is 0.296 e. The van der Waals surface area contributed by atoms with Gasteiger partial charge in [0.1, 0.15) is 0 Å². The molecule has 1 amide bonds. The van der Waals surface area contributed by atoms with Gasteiger partial charge in [-0.15, -0.1) is 10.2 Å². The molecule has 25 heavy (non-hydrogen) atoms. The fourth-order valence-corrected chi connectivity index (χ4v) is 4.36. The van der Waals surface area contributed by atoms with Crippen LogP contribution in [0.25, 0.3) is 0 Å². The molecule has 0 unspecified atom stereocenters. The molecular formula is C17H13BrClN3OS2. The van der Waals surface area contributed by atoms with E-state index >= 15 is 0 Å². The lowest BCUT2D eigenvalue weighted by atomic mass is 10.2. The number of halogens is 2. The van der Waals surface area contributed by atoms with Gasteiger partial charge >= 0.3 is 0 Å². The maximum absolute atomic E-state index is 12.3. The minimum atomic E-state index is -0.308.